The highest BCUT2D eigenvalue weighted by Gasteiger charge is 2.57. The molecule has 2 aliphatic heterocycles. The summed E-state index contributed by atoms with van der Waals surface area (Å²) in [7, 11) is 0. The van der Waals surface area contributed by atoms with Gasteiger partial charge in [-0.15, -0.1) is 0 Å². The molecule has 66 heavy (non-hydrogen) atoms. The number of aromatic nitrogens is 2. The average molecular weight is 1020 g/mol. The molecule has 0 radical (unpaired) electrons. The summed E-state index contributed by atoms with van der Waals surface area (Å²) < 4.78 is 95.1. The Bertz CT molecular complexity index is 2260. The van der Waals surface area contributed by atoms with Gasteiger partial charge >= 0.3 is 12.1 Å². The van der Waals surface area contributed by atoms with Gasteiger partial charge in [-0.2, -0.15) is 0 Å². The van der Waals surface area contributed by atoms with Crippen molar-refractivity contribution in [2.45, 2.75) is 125 Å². The second-order valence-electron chi connectivity index (χ2n) is 18.4. The molecule has 8 rings (SSSR count). The highest BCUT2D eigenvalue weighted by atomic mass is 35.5. The second-order valence-corrected chi connectivity index (χ2v) is 21.4. The first-order valence-electron chi connectivity index (χ1n) is 20.7. The maximum Gasteiger partial charge on any atom is 0.410 e. The van der Waals surface area contributed by atoms with Gasteiger partial charge in [0.1, 0.15) is 11.4 Å². The van der Waals surface area contributed by atoms with Crippen LogP contribution in [0.2, 0.25) is 5.02 Å². The van der Waals surface area contributed by atoms with E-state index >= 15 is 0 Å². The molecule has 366 valence electrons. The minimum atomic E-state index is -2.80. The molecule has 3 aromatic rings. The third-order valence-electron chi connectivity index (χ3n) is 10.8. The minimum Gasteiger partial charge on any atom is -0.444 e. The predicted octanol–water partition coefficient (Wildman–Crippen LogP) is 7.09. The van der Waals surface area contributed by atoms with Crippen molar-refractivity contribution < 1.29 is 60.4 Å². The number of urea groups is 1. The molecule has 3 fully saturated rings. The van der Waals surface area contributed by atoms with Crippen LogP contribution in [0.3, 0.4) is 0 Å². The molecule has 4 heterocycles. The third-order valence-corrected chi connectivity index (χ3v) is 13.3. The number of amides is 3. The zero-order chi connectivity index (χ0) is 48.7. The molecule has 26 heteroatoms. The van der Waals surface area contributed by atoms with E-state index in [-0.39, 0.29) is 41.9 Å². The highest BCUT2D eigenvalue weighted by Crippen LogP contribution is 2.47. The summed E-state index contributed by atoms with van der Waals surface area (Å²) in [6.07, 6.45) is -2.38. The zero-order valence-corrected chi connectivity index (χ0v) is 39.2. The van der Waals surface area contributed by atoms with E-state index in [2.05, 4.69) is 43.5 Å². The van der Waals surface area contributed by atoms with Crippen LogP contribution >= 0.6 is 46.5 Å². The van der Waals surface area contributed by atoms with E-state index in [1.54, 1.807) is 9.80 Å². The summed E-state index contributed by atoms with van der Waals surface area (Å²) in [6, 6.07) is 3.61. The number of anilines is 3. The Hall–Kier alpha value is -4.01. The van der Waals surface area contributed by atoms with Crippen LogP contribution in [0, 0.1) is 5.82 Å². The van der Waals surface area contributed by atoms with E-state index in [9.17, 15) is 55.6 Å². The molecule has 15 nitrogen and oxygen atoms in total. The summed E-state index contributed by atoms with van der Waals surface area (Å²) in [5.41, 5.74) is 2.53. The molecule has 2 aromatic heterocycles. The molecule has 0 atom stereocenters. The van der Waals surface area contributed by atoms with Crippen LogP contribution in [0.5, 0.6) is 0 Å². The number of nitrogens with two attached hydrogens (primary N) is 1. The first-order valence-corrected chi connectivity index (χ1v) is 23.1. The Morgan fingerprint density at radius 3 is 1.67 bits per heavy atom. The molecule has 0 unspecified atom stereocenters. The van der Waals surface area contributed by atoms with Crippen molar-refractivity contribution in [2.24, 2.45) is 5.73 Å². The number of hydrogen-bond acceptors (Lipinski definition) is 13. The number of thiazole rings is 2. The van der Waals surface area contributed by atoms with Crippen molar-refractivity contribution in [3.05, 3.63) is 50.2 Å². The van der Waals surface area contributed by atoms with Crippen LogP contribution in [0.25, 0.3) is 0 Å². The Morgan fingerprint density at radius 2 is 1.24 bits per heavy atom. The number of fused-ring (bicyclic) bond motifs is 2. The van der Waals surface area contributed by atoms with Gasteiger partial charge in [-0.25, -0.2) is 50.3 Å². The number of carbonyl (C=O) groups excluding carboxylic acids is 2. The van der Waals surface area contributed by atoms with Gasteiger partial charge < -0.3 is 56.9 Å². The summed E-state index contributed by atoms with van der Waals surface area (Å²) in [6.45, 7) is 7.27. The maximum absolute atomic E-state index is 13.2. The van der Waals surface area contributed by atoms with E-state index in [4.69, 9.17) is 22.1 Å². The lowest BCUT2D eigenvalue weighted by molar-refractivity contribution is -0.201. The fraction of sp³-hybridized carbons (Fsp3) is 0.625. The molecule has 3 amide bonds. The number of halogens is 8. The normalized spacial score (nSPS) is 20.9. The van der Waals surface area contributed by atoms with Gasteiger partial charge in [0.05, 0.1) is 46.3 Å². The molecular weight excluding hydrogens is 967 g/mol. The monoisotopic (exact) mass is 1020 g/mol. The van der Waals surface area contributed by atoms with Gasteiger partial charge in [0.2, 0.25) is 0 Å². The van der Waals surface area contributed by atoms with Crippen molar-refractivity contribution in [3.63, 3.8) is 0 Å². The average Bonchev–Trinajstić information content (AvgIpc) is 3.77. The van der Waals surface area contributed by atoms with E-state index in [0.29, 0.717) is 55.0 Å². The number of alkyl halides is 6. The van der Waals surface area contributed by atoms with Crippen molar-refractivity contribution in [1.29, 1.82) is 0 Å². The topological polar surface area (TPSA) is 210 Å². The Balaban J connectivity index is 0.000000177. The highest BCUT2D eigenvalue weighted by molar-refractivity contribution is 7.80. The van der Waals surface area contributed by atoms with Gasteiger partial charge in [0.15, 0.2) is 15.4 Å². The Morgan fingerprint density at radius 1 is 0.803 bits per heavy atom. The zero-order valence-electron chi connectivity index (χ0n) is 36.0. The molecular formula is C40H51ClF7N9O6S3. The predicted molar refractivity (Wildman–Crippen MR) is 238 cm³/mol. The number of ether oxygens (including phenoxy) is 1. The lowest BCUT2D eigenvalue weighted by Crippen LogP contribution is -2.58. The first-order chi connectivity index (χ1) is 30.4. The maximum atomic E-state index is 13.2. The van der Waals surface area contributed by atoms with E-state index in [0.717, 1.165) is 21.1 Å². The van der Waals surface area contributed by atoms with Gasteiger partial charge in [-0.05, 0) is 51.2 Å². The molecule has 3 saturated carbocycles. The summed E-state index contributed by atoms with van der Waals surface area (Å²) in [5, 5.41) is 41.5. The number of hydrogen-bond donors (Lipinski definition) is 8. The van der Waals surface area contributed by atoms with Crippen molar-refractivity contribution in [1.82, 2.24) is 25.1 Å². The smallest absolute Gasteiger partial charge is 0.410 e. The van der Waals surface area contributed by atoms with E-state index in [1.807, 2.05) is 20.8 Å². The van der Waals surface area contributed by atoms with Crippen LogP contribution in [0.1, 0.15) is 80.4 Å². The number of nitrogens with one attached hydrogen (secondary N) is 4. The van der Waals surface area contributed by atoms with Crippen LogP contribution in [-0.4, -0.2) is 125 Å². The van der Waals surface area contributed by atoms with Gasteiger partial charge in [-0.1, -0.05) is 34.3 Å². The Kier molecular flexibility index (Phi) is 14.9. The number of benzene rings is 1. The van der Waals surface area contributed by atoms with Crippen molar-refractivity contribution >= 4 is 79.7 Å². The van der Waals surface area contributed by atoms with Gasteiger partial charge in [-0.3, -0.25) is 0 Å². The SMILES string of the molecule is CC(C)(C)OC(=O)N1CCc2nc(NCC3(O)CC(F)(F)C3)sc2C1.NC(=S)NCC1(O)CC(F)(F)C1.O=C(Nc1ccc(F)c(Cl)c1)N1CCc2nc(NCC3(O)CC(F)(F)C3)sc2C1. The number of thiocarbonyl (C=S) groups is 1. The molecule has 9 N–H and O–H groups in total. The standard InChI is InChI=1S/C18H18ClF3N4O2S.C16H23F2N3O3S.C6H10F2N2OS/c19-11-5-10(1-2-12(11)20)24-16(27)26-4-3-13-14(6-26)29-15(25-13)23-9-17(28)7-18(21,22)8-17;1-14(2,3)24-13(22)21-5-4-10-11(6-21)25-12(20-10)19-9-15(23)7-16(17,18)8-15;7-6(8)1-5(11,2-6)3-10-4(9)12/h1-2,5,28H,3-4,6-9H2,(H,23,25)(H,24,27);23H,4-9H2,1-3H3,(H,19,20);11H,1-3H2,(H3,9,10,12). The van der Waals surface area contributed by atoms with Crippen LogP contribution in [-0.2, 0) is 30.7 Å². The quantitative estimate of drug-likeness (QED) is 0.0797. The first kappa shape index (κ1) is 51.4. The number of rotatable bonds is 9. The van der Waals surface area contributed by atoms with Crippen LogP contribution in [0.4, 0.5) is 56.3 Å². The molecule has 5 aliphatic rings. The summed E-state index contributed by atoms with van der Waals surface area (Å²) in [4.78, 5) is 38.6. The lowest BCUT2D eigenvalue weighted by atomic mass is 9.76. The fourth-order valence-corrected chi connectivity index (χ4v) is 10.1. The minimum absolute atomic E-state index is 0.00206. The van der Waals surface area contributed by atoms with E-state index in [1.165, 1.54) is 40.9 Å². The van der Waals surface area contributed by atoms with Crippen molar-refractivity contribution in [3.8, 4) is 0 Å². The molecule has 1 aromatic carbocycles. The summed E-state index contributed by atoms with van der Waals surface area (Å²) >= 11 is 12.9. The van der Waals surface area contributed by atoms with Gasteiger partial charge in [0, 0.05) is 99.5 Å². The van der Waals surface area contributed by atoms with Crippen molar-refractivity contribution in [2.75, 3.05) is 48.7 Å². The largest absolute Gasteiger partial charge is 0.444 e. The Labute approximate surface area is 393 Å². The molecule has 0 spiro atoms. The summed E-state index contributed by atoms with van der Waals surface area (Å²) in [5.74, 6) is -8.87. The molecule has 0 bridgehead atoms. The second kappa shape index (κ2) is 19.2. The fourth-order valence-electron chi connectivity index (χ4n) is 7.81. The van der Waals surface area contributed by atoms with Crippen LogP contribution in [0.15, 0.2) is 18.2 Å². The lowest BCUT2D eigenvalue weighted by Gasteiger charge is -2.43. The molecule has 3 aliphatic carbocycles. The van der Waals surface area contributed by atoms with E-state index < -0.39 is 84.5 Å². The van der Waals surface area contributed by atoms with Crippen LogP contribution < -0.4 is 27.0 Å². The number of nitrogens with zero attached hydrogens (tertiary/aromatic N) is 4. The van der Waals surface area contributed by atoms with Gasteiger partial charge in [0.25, 0.3) is 17.8 Å². The third kappa shape index (κ3) is 14.0. The molecule has 0 saturated heterocycles. The number of aliphatic hydroxyl groups is 3. The number of carbonyl (C=O) groups is 2.